The van der Waals surface area contributed by atoms with Gasteiger partial charge in [0.2, 0.25) is 0 Å². The van der Waals surface area contributed by atoms with E-state index in [1.54, 1.807) is 24.3 Å². The van der Waals surface area contributed by atoms with E-state index < -0.39 is 43.0 Å². The van der Waals surface area contributed by atoms with Crippen LogP contribution in [0, 0.1) is 0 Å². The maximum atomic E-state index is 12.3. The SMILES string of the molecule is O=C(Nc1ccc(Cl)cc1)c1csc([C@@H]2O[C@H](CO)[C@H](O)[C@H](O)[C@H]2O)n1. The summed E-state index contributed by atoms with van der Waals surface area (Å²) in [4.78, 5) is 16.4. The third kappa shape index (κ3) is 3.89. The van der Waals surface area contributed by atoms with Crippen molar-refractivity contribution >= 4 is 34.5 Å². The summed E-state index contributed by atoms with van der Waals surface area (Å²) in [5.74, 6) is -0.459. The Morgan fingerprint density at radius 2 is 1.88 bits per heavy atom. The highest BCUT2D eigenvalue weighted by atomic mass is 35.5. The van der Waals surface area contributed by atoms with Crippen LogP contribution in [0.15, 0.2) is 29.6 Å². The fourth-order valence-electron chi connectivity index (χ4n) is 2.56. The number of benzene rings is 1. The van der Waals surface area contributed by atoms with Gasteiger partial charge in [0, 0.05) is 16.1 Å². The number of aliphatic hydroxyl groups is 4. The smallest absolute Gasteiger partial charge is 0.275 e. The average molecular weight is 401 g/mol. The Labute approximate surface area is 157 Å². The van der Waals surface area contributed by atoms with Crippen LogP contribution in [-0.2, 0) is 4.74 Å². The van der Waals surface area contributed by atoms with E-state index in [1.807, 2.05) is 0 Å². The van der Waals surface area contributed by atoms with E-state index in [0.717, 1.165) is 11.3 Å². The summed E-state index contributed by atoms with van der Waals surface area (Å²) in [5, 5.41) is 44.0. The summed E-state index contributed by atoms with van der Waals surface area (Å²) < 4.78 is 5.43. The van der Waals surface area contributed by atoms with Gasteiger partial charge in [0.25, 0.3) is 5.91 Å². The van der Waals surface area contributed by atoms with E-state index in [-0.39, 0.29) is 10.7 Å². The molecule has 2 aromatic rings. The molecule has 1 aliphatic heterocycles. The van der Waals surface area contributed by atoms with Crippen LogP contribution in [0.1, 0.15) is 21.6 Å². The number of nitrogens with one attached hydrogen (secondary N) is 1. The average Bonchev–Trinajstić information content (AvgIpc) is 3.12. The molecule has 1 amide bonds. The molecule has 140 valence electrons. The van der Waals surface area contributed by atoms with Crippen molar-refractivity contribution in [1.82, 2.24) is 4.98 Å². The van der Waals surface area contributed by atoms with Gasteiger partial charge in [-0.3, -0.25) is 4.79 Å². The van der Waals surface area contributed by atoms with Crippen molar-refractivity contribution in [1.29, 1.82) is 0 Å². The molecule has 0 saturated carbocycles. The van der Waals surface area contributed by atoms with Crippen LogP contribution in [-0.4, -0.2) is 62.3 Å². The van der Waals surface area contributed by atoms with Crippen molar-refractivity contribution in [2.24, 2.45) is 0 Å². The Kier molecular flexibility index (Phi) is 5.88. The first kappa shape index (κ1) is 19.2. The Bertz CT molecular complexity index is 768. The van der Waals surface area contributed by atoms with Gasteiger partial charge < -0.3 is 30.5 Å². The van der Waals surface area contributed by atoms with Crippen LogP contribution < -0.4 is 5.32 Å². The van der Waals surface area contributed by atoms with Crippen LogP contribution in [0.2, 0.25) is 5.02 Å². The Morgan fingerprint density at radius 1 is 1.19 bits per heavy atom. The fraction of sp³-hybridized carbons (Fsp3) is 0.375. The lowest BCUT2D eigenvalue weighted by atomic mass is 9.95. The Balaban J connectivity index is 1.74. The molecule has 3 rings (SSSR count). The summed E-state index contributed by atoms with van der Waals surface area (Å²) in [6, 6.07) is 6.56. The lowest BCUT2D eigenvalue weighted by Gasteiger charge is -2.39. The molecular formula is C16H17ClN2O6S. The van der Waals surface area contributed by atoms with Crippen molar-refractivity contribution in [3.8, 4) is 0 Å². The topological polar surface area (TPSA) is 132 Å². The second kappa shape index (κ2) is 7.97. The number of aromatic nitrogens is 1. The minimum Gasteiger partial charge on any atom is -0.394 e. The zero-order valence-corrected chi connectivity index (χ0v) is 14.9. The van der Waals surface area contributed by atoms with E-state index >= 15 is 0 Å². The number of amides is 1. The molecule has 1 aliphatic rings. The molecule has 1 aromatic carbocycles. The van der Waals surface area contributed by atoms with Crippen molar-refractivity contribution in [2.45, 2.75) is 30.5 Å². The number of carbonyl (C=O) groups is 1. The highest BCUT2D eigenvalue weighted by Gasteiger charge is 2.45. The number of hydrogen-bond donors (Lipinski definition) is 5. The molecular weight excluding hydrogens is 384 g/mol. The van der Waals surface area contributed by atoms with Gasteiger partial charge in [-0.1, -0.05) is 11.6 Å². The molecule has 1 saturated heterocycles. The fourth-order valence-corrected chi connectivity index (χ4v) is 3.55. The first-order valence-corrected chi connectivity index (χ1v) is 8.99. The quantitative estimate of drug-likeness (QED) is 0.506. The number of halogens is 1. The molecule has 2 heterocycles. The minimum absolute atomic E-state index is 0.108. The molecule has 0 unspecified atom stereocenters. The van der Waals surface area contributed by atoms with E-state index in [2.05, 4.69) is 10.3 Å². The van der Waals surface area contributed by atoms with Crippen molar-refractivity contribution in [3.63, 3.8) is 0 Å². The molecule has 10 heteroatoms. The van der Waals surface area contributed by atoms with Gasteiger partial charge in [0.1, 0.15) is 41.2 Å². The van der Waals surface area contributed by atoms with Gasteiger partial charge in [-0.15, -0.1) is 11.3 Å². The molecule has 0 spiro atoms. The lowest BCUT2D eigenvalue weighted by molar-refractivity contribution is -0.231. The van der Waals surface area contributed by atoms with Gasteiger partial charge in [0.15, 0.2) is 0 Å². The molecule has 26 heavy (non-hydrogen) atoms. The third-order valence-electron chi connectivity index (χ3n) is 3.99. The molecule has 8 nitrogen and oxygen atoms in total. The van der Waals surface area contributed by atoms with E-state index in [4.69, 9.17) is 16.3 Å². The number of thiazole rings is 1. The highest BCUT2D eigenvalue weighted by Crippen LogP contribution is 2.34. The third-order valence-corrected chi connectivity index (χ3v) is 5.15. The standard InChI is InChI=1S/C16H17ClN2O6S/c17-7-1-3-8(4-2-7)18-15(24)9-6-26-16(19-9)14-13(23)12(22)11(21)10(5-20)25-14/h1-4,6,10-14,20-23H,5H2,(H,18,24)/t10-,11+,12+,13-,14-/m1/s1. The predicted octanol–water partition coefficient (Wildman–Crippen LogP) is 0.564. The molecule has 0 bridgehead atoms. The van der Waals surface area contributed by atoms with Gasteiger partial charge in [-0.05, 0) is 24.3 Å². The monoisotopic (exact) mass is 400 g/mol. The zero-order chi connectivity index (χ0) is 18.8. The van der Waals surface area contributed by atoms with Crippen LogP contribution in [0.25, 0.3) is 0 Å². The van der Waals surface area contributed by atoms with Crippen LogP contribution in [0.5, 0.6) is 0 Å². The van der Waals surface area contributed by atoms with Gasteiger partial charge in [-0.2, -0.15) is 0 Å². The van der Waals surface area contributed by atoms with Crippen molar-refractivity contribution in [2.75, 3.05) is 11.9 Å². The van der Waals surface area contributed by atoms with Crippen molar-refractivity contribution < 1.29 is 30.0 Å². The summed E-state index contributed by atoms with van der Waals surface area (Å²) in [7, 11) is 0. The molecule has 1 aromatic heterocycles. The Morgan fingerprint density at radius 3 is 2.54 bits per heavy atom. The van der Waals surface area contributed by atoms with Crippen LogP contribution in [0.4, 0.5) is 5.69 Å². The normalized spacial score (nSPS) is 28.7. The molecule has 0 aliphatic carbocycles. The summed E-state index contributed by atoms with van der Waals surface area (Å²) in [6.07, 6.45) is -6.48. The number of ether oxygens (including phenoxy) is 1. The maximum absolute atomic E-state index is 12.3. The van der Waals surface area contributed by atoms with E-state index in [1.165, 1.54) is 5.38 Å². The number of carbonyl (C=O) groups excluding carboxylic acids is 1. The van der Waals surface area contributed by atoms with E-state index in [0.29, 0.717) is 10.7 Å². The number of anilines is 1. The molecule has 5 atom stereocenters. The number of hydrogen-bond acceptors (Lipinski definition) is 8. The summed E-state index contributed by atoms with van der Waals surface area (Å²) >= 11 is 6.86. The summed E-state index contributed by atoms with van der Waals surface area (Å²) in [6.45, 7) is -0.531. The predicted molar refractivity (Wildman–Crippen MR) is 94.2 cm³/mol. The second-order valence-corrected chi connectivity index (χ2v) is 7.11. The second-order valence-electron chi connectivity index (χ2n) is 5.78. The number of aliphatic hydroxyl groups excluding tert-OH is 4. The minimum atomic E-state index is -1.50. The Hall–Kier alpha value is -1.59. The van der Waals surface area contributed by atoms with E-state index in [9.17, 15) is 25.2 Å². The van der Waals surface area contributed by atoms with Gasteiger partial charge in [0.05, 0.1) is 6.61 Å². The van der Waals surface area contributed by atoms with Crippen LogP contribution >= 0.6 is 22.9 Å². The maximum Gasteiger partial charge on any atom is 0.275 e. The number of rotatable bonds is 4. The molecule has 5 N–H and O–H groups in total. The summed E-state index contributed by atoms with van der Waals surface area (Å²) in [5.41, 5.74) is 0.652. The number of nitrogens with zero attached hydrogens (tertiary/aromatic N) is 1. The first-order valence-electron chi connectivity index (χ1n) is 7.73. The largest absolute Gasteiger partial charge is 0.394 e. The lowest BCUT2D eigenvalue weighted by Crippen LogP contribution is -2.55. The highest BCUT2D eigenvalue weighted by molar-refractivity contribution is 7.09. The van der Waals surface area contributed by atoms with Gasteiger partial charge in [-0.25, -0.2) is 4.98 Å². The molecule has 1 fully saturated rings. The van der Waals surface area contributed by atoms with Gasteiger partial charge >= 0.3 is 0 Å². The van der Waals surface area contributed by atoms with Crippen molar-refractivity contribution in [3.05, 3.63) is 45.4 Å². The van der Waals surface area contributed by atoms with Crippen LogP contribution in [0.3, 0.4) is 0 Å². The zero-order valence-electron chi connectivity index (χ0n) is 13.3. The molecule has 0 radical (unpaired) electrons. The first-order chi connectivity index (χ1) is 12.4.